The van der Waals surface area contributed by atoms with Crippen molar-refractivity contribution in [2.75, 3.05) is 40.4 Å². The van der Waals surface area contributed by atoms with Gasteiger partial charge in [-0.15, -0.1) is 0 Å². The topological polar surface area (TPSA) is 47.7 Å². The number of nitrogens with zero attached hydrogens (tertiary/aromatic N) is 1. The van der Waals surface area contributed by atoms with Crippen molar-refractivity contribution in [1.82, 2.24) is 4.90 Å². The molecule has 0 radical (unpaired) electrons. The number of rotatable bonds is 18. The molecule has 0 bridgehead atoms. The van der Waals surface area contributed by atoms with Gasteiger partial charge >= 0.3 is 0 Å². The monoisotopic (exact) mass is 404 g/mol. The lowest BCUT2D eigenvalue weighted by Gasteiger charge is -2.31. The SMILES string of the molecule is CO[SiH2]C(C)(C)CCN(CCCCCCCCN)CCC(C)(C)[SiH2]OC. The van der Waals surface area contributed by atoms with Crippen molar-refractivity contribution in [3.8, 4) is 0 Å². The predicted octanol–water partition coefficient (Wildman–Crippen LogP) is 3.23. The molecule has 0 aliphatic carbocycles. The van der Waals surface area contributed by atoms with Crippen molar-refractivity contribution in [3.05, 3.63) is 0 Å². The Hall–Kier alpha value is 0.274. The van der Waals surface area contributed by atoms with Gasteiger partial charge in [0.2, 0.25) is 0 Å². The Kier molecular flexibility index (Phi) is 15.4. The highest BCUT2D eigenvalue weighted by Crippen LogP contribution is 2.30. The summed E-state index contributed by atoms with van der Waals surface area (Å²) in [6, 6.07) is 0. The first-order valence-electron chi connectivity index (χ1n) is 10.7. The summed E-state index contributed by atoms with van der Waals surface area (Å²) in [5.41, 5.74) is 5.57. The van der Waals surface area contributed by atoms with Crippen LogP contribution in [0.25, 0.3) is 0 Å². The van der Waals surface area contributed by atoms with E-state index in [0.717, 1.165) is 6.54 Å². The molecule has 0 heterocycles. The van der Waals surface area contributed by atoms with E-state index in [1.54, 1.807) is 0 Å². The maximum atomic E-state index is 5.57. The molecule has 0 aromatic heterocycles. The van der Waals surface area contributed by atoms with Gasteiger partial charge in [-0.25, -0.2) is 0 Å². The van der Waals surface area contributed by atoms with Crippen molar-refractivity contribution < 1.29 is 8.85 Å². The van der Waals surface area contributed by atoms with Gasteiger partial charge in [0.05, 0.1) is 0 Å². The van der Waals surface area contributed by atoms with Crippen molar-refractivity contribution in [3.63, 3.8) is 0 Å². The Morgan fingerprint density at radius 2 is 1.12 bits per heavy atom. The molecule has 26 heavy (non-hydrogen) atoms. The molecular formula is C20H48N2O2Si2. The maximum absolute atomic E-state index is 5.57. The fourth-order valence-electron chi connectivity index (χ4n) is 3.37. The molecule has 4 nitrogen and oxygen atoms in total. The summed E-state index contributed by atoms with van der Waals surface area (Å²) < 4.78 is 11.1. The maximum Gasteiger partial charge on any atom is 0.166 e. The first-order chi connectivity index (χ1) is 12.3. The molecule has 0 saturated carbocycles. The van der Waals surface area contributed by atoms with Gasteiger partial charge in [0.1, 0.15) is 0 Å². The van der Waals surface area contributed by atoms with Crippen LogP contribution in [-0.2, 0) is 8.85 Å². The molecule has 0 fully saturated rings. The van der Waals surface area contributed by atoms with Crippen LogP contribution >= 0.6 is 0 Å². The quantitative estimate of drug-likeness (QED) is 0.281. The van der Waals surface area contributed by atoms with Crippen LogP contribution in [0, 0.1) is 0 Å². The van der Waals surface area contributed by atoms with E-state index in [2.05, 4.69) is 32.6 Å². The van der Waals surface area contributed by atoms with Crippen LogP contribution in [0.5, 0.6) is 0 Å². The largest absolute Gasteiger partial charge is 0.427 e. The average Bonchev–Trinajstić information content (AvgIpc) is 2.55. The molecule has 0 spiro atoms. The number of nitrogens with two attached hydrogens (primary N) is 1. The zero-order valence-electron chi connectivity index (χ0n) is 18.7. The van der Waals surface area contributed by atoms with E-state index >= 15 is 0 Å². The Morgan fingerprint density at radius 1 is 0.692 bits per heavy atom. The highest BCUT2D eigenvalue weighted by molar-refractivity contribution is 6.32. The summed E-state index contributed by atoms with van der Waals surface area (Å²) in [4.78, 5) is 2.71. The lowest BCUT2D eigenvalue weighted by Crippen LogP contribution is -2.32. The van der Waals surface area contributed by atoms with Crippen LogP contribution < -0.4 is 5.73 Å². The van der Waals surface area contributed by atoms with E-state index in [1.165, 1.54) is 71.0 Å². The van der Waals surface area contributed by atoms with Gasteiger partial charge in [0, 0.05) is 14.2 Å². The van der Waals surface area contributed by atoms with Crippen molar-refractivity contribution in [2.24, 2.45) is 5.73 Å². The third-order valence-electron chi connectivity index (χ3n) is 5.21. The van der Waals surface area contributed by atoms with Gasteiger partial charge in [-0.3, -0.25) is 0 Å². The highest BCUT2D eigenvalue weighted by atomic mass is 28.2. The Bertz CT molecular complexity index is 307. The van der Waals surface area contributed by atoms with Crippen LogP contribution in [0.3, 0.4) is 0 Å². The highest BCUT2D eigenvalue weighted by Gasteiger charge is 2.23. The van der Waals surface area contributed by atoms with Crippen LogP contribution in [-0.4, -0.2) is 64.8 Å². The third kappa shape index (κ3) is 15.3. The molecule has 0 aromatic carbocycles. The molecule has 0 aromatic rings. The van der Waals surface area contributed by atoms with Gasteiger partial charge in [-0.2, -0.15) is 0 Å². The molecule has 158 valence electrons. The molecule has 0 rings (SSSR count). The second kappa shape index (κ2) is 15.2. The van der Waals surface area contributed by atoms with E-state index in [4.69, 9.17) is 14.6 Å². The van der Waals surface area contributed by atoms with Gasteiger partial charge in [0.25, 0.3) is 0 Å². The molecule has 6 heteroatoms. The molecule has 0 amide bonds. The van der Waals surface area contributed by atoms with E-state index in [-0.39, 0.29) is 0 Å². The summed E-state index contributed by atoms with van der Waals surface area (Å²) in [5, 5.41) is 0.790. The van der Waals surface area contributed by atoms with Crippen LogP contribution in [0.4, 0.5) is 0 Å². The van der Waals surface area contributed by atoms with Gasteiger partial charge < -0.3 is 19.5 Å². The minimum Gasteiger partial charge on any atom is -0.427 e. The smallest absolute Gasteiger partial charge is 0.166 e. The summed E-state index contributed by atoms with van der Waals surface area (Å²) >= 11 is 0. The zero-order valence-corrected chi connectivity index (χ0v) is 21.6. The predicted molar refractivity (Wildman–Crippen MR) is 122 cm³/mol. The normalized spacial score (nSPS) is 13.8. The molecule has 0 atom stereocenters. The molecular weight excluding hydrogens is 356 g/mol. The number of hydrogen-bond acceptors (Lipinski definition) is 4. The minimum atomic E-state index is -0.428. The fourth-order valence-corrected chi connectivity index (χ4v) is 5.54. The third-order valence-corrected chi connectivity index (χ3v) is 8.06. The summed E-state index contributed by atoms with van der Waals surface area (Å²) in [5.74, 6) is 0. The molecule has 0 aliphatic heterocycles. The van der Waals surface area contributed by atoms with Crippen LogP contribution in [0.1, 0.15) is 79.1 Å². The average molecular weight is 405 g/mol. The van der Waals surface area contributed by atoms with Gasteiger partial charge in [-0.1, -0.05) is 53.4 Å². The zero-order chi connectivity index (χ0) is 19.9. The molecule has 0 unspecified atom stereocenters. The van der Waals surface area contributed by atoms with Crippen molar-refractivity contribution in [1.29, 1.82) is 0 Å². The second-order valence-electron chi connectivity index (χ2n) is 9.45. The molecule has 0 saturated heterocycles. The second-order valence-corrected chi connectivity index (χ2v) is 15.0. The first-order valence-corrected chi connectivity index (χ1v) is 13.2. The van der Waals surface area contributed by atoms with Crippen LogP contribution in [0.2, 0.25) is 10.1 Å². The Labute approximate surface area is 168 Å². The minimum absolute atomic E-state index is 0.395. The van der Waals surface area contributed by atoms with E-state index in [1.807, 2.05) is 14.2 Å². The summed E-state index contributed by atoms with van der Waals surface area (Å²) in [6.07, 6.45) is 10.4. The van der Waals surface area contributed by atoms with E-state index < -0.39 is 19.5 Å². The van der Waals surface area contributed by atoms with Crippen molar-refractivity contribution in [2.45, 2.75) is 89.1 Å². The molecule has 2 N–H and O–H groups in total. The fraction of sp³-hybridized carbons (Fsp3) is 1.00. The lowest BCUT2D eigenvalue weighted by molar-refractivity contribution is 0.235. The Morgan fingerprint density at radius 3 is 1.54 bits per heavy atom. The Balaban J connectivity index is 4.31. The number of hydrogen-bond donors (Lipinski definition) is 1. The van der Waals surface area contributed by atoms with Crippen LogP contribution in [0.15, 0.2) is 0 Å². The van der Waals surface area contributed by atoms with Crippen molar-refractivity contribution >= 4 is 19.5 Å². The summed E-state index contributed by atoms with van der Waals surface area (Å²) in [6.45, 7) is 14.0. The van der Waals surface area contributed by atoms with E-state index in [0.29, 0.717) is 10.1 Å². The standard InChI is InChI=1S/C20H48N2O2Si2/c1-19(2,25-23-5)13-17-22(18-14-20(3,4)26-24-6)16-12-10-8-7-9-11-15-21/h7-18,21,25-26H2,1-6H3. The van der Waals surface area contributed by atoms with Gasteiger partial charge in [0.15, 0.2) is 19.5 Å². The summed E-state index contributed by atoms with van der Waals surface area (Å²) in [7, 11) is 2.88. The van der Waals surface area contributed by atoms with E-state index in [9.17, 15) is 0 Å². The number of unbranched alkanes of at least 4 members (excludes halogenated alkanes) is 5. The first kappa shape index (κ1) is 26.3. The molecule has 0 aliphatic rings. The lowest BCUT2D eigenvalue weighted by atomic mass is 10.1. The van der Waals surface area contributed by atoms with Gasteiger partial charge in [-0.05, 0) is 61.9 Å².